The normalized spacial score (nSPS) is 11.0. The molecule has 1 N–H and O–H groups in total. The van der Waals surface area contributed by atoms with E-state index < -0.39 is 0 Å². The van der Waals surface area contributed by atoms with Gasteiger partial charge in [-0.3, -0.25) is 9.36 Å². The maximum Gasteiger partial charge on any atom is 0.234 e. The molecule has 4 aromatic rings. The summed E-state index contributed by atoms with van der Waals surface area (Å²) in [7, 11) is 0. The Morgan fingerprint density at radius 3 is 2.93 bits per heavy atom. The number of thioether (sulfide) groups is 1. The quantitative estimate of drug-likeness (QED) is 0.224. The standard InChI is InChI=1S/C21H16BrClN4OS2/c1-2-9-27-20(15-11-29-18-6-4-3-5-14(15)18)25-26-21(27)30-12-19(28)24-17-8-7-13(22)10-16(17)23/h2-8,10-11H,1,9,12H2,(H,24,28). The highest BCUT2D eigenvalue weighted by Crippen LogP contribution is 2.34. The van der Waals surface area contributed by atoms with Crippen molar-refractivity contribution in [1.82, 2.24) is 14.8 Å². The van der Waals surface area contributed by atoms with E-state index in [4.69, 9.17) is 11.6 Å². The first-order valence-electron chi connectivity index (χ1n) is 8.95. The van der Waals surface area contributed by atoms with Crippen molar-refractivity contribution in [2.24, 2.45) is 0 Å². The molecule has 0 saturated heterocycles. The molecule has 1 amide bonds. The molecule has 0 bridgehead atoms. The number of fused-ring (bicyclic) bond motifs is 1. The number of benzene rings is 2. The molecule has 0 saturated carbocycles. The predicted octanol–water partition coefficient (Wildman–Crippen LogP) is 6.49. The fraction of sp³-hybridized carbons (Fsp3) is 0.0952. The summed E-state index contributed by atoms with van der Waals surface area (Å²) in [5, 5.41) is 15.9. The van der Waals surface area contributed by atoms with Crippen molar-refractivity contribution in [2.75, 3.05) is 11.1 Å². The summed E-state index contributed by atoms with van der Waals surface area (Å²) in [6, 6.07) is 13.5. The number of aromatic nitrogens is 3. The van der Waals surface area contributed by atoms with E-state index in [0.29, 0.717) is 22.4 Å². The molecule has 2 heterocycles. The Morgan fingerprint density at radius 2 is 2.13 bits per heavy atom. The number of hydrogen-bond donors (Lipinski definition) is 1. The Labute approximate surface area is 195 Å². The summed E-state index contributed by atoms with van der Waals surface area (Å²) in [6.07, 6.45) is 1.80. The SMILES string of the molecule is C=CCn1c(SCC(=O)Nc2ccc(Br)cc2Cl)nnc1-c1csc2ccccc12. The molecule has 0 fully saturated rings. The lowest BCUT2D eigenvalue weighted by atomic mass is 10.1. The van der Waals surface area contributed by atoms with Gasteiger partial charge in [-0.2, -0.15) is 0 Å². The van der Waals surface area contributed by atoms with Gasteiger partial charge in [0, 0.05) is 32.0 Å². The summed E-state index contributed by atoms with van der Waals surface area (Å²) in [5.41, 5.74) is 1.60. The number of nitrogens with one attached hydrogen (secondary N) is 1. The molecule has 0 spiro atoms. The van der Waals surface area contributed by atoms with Crippen molar-refractivity contribution in [3.05, 3.63) is 70.0 Å². The lowest BCUT2D eigenvalue weighted by Crippen LogP contribution is -2.15. The largest absolute Gasteiger partial charge is 0.324 e. The highest BCUT2D eigenvalue weighted by molar-refractivity contribution is 9.10. The van der Waals surface area contributed by atoms with Crippen LogP contribution in [0.2, 0.25) is 5.02 Å². The van der Waals surface area contributed by atoms with Crippen LogP contribution < -0.4 is 5.32 Å². The van der Waals surface area contributed by atoms with Gasteiger partial charge in [-0.15, -0.1) is 28.1 Å². The summed E-state index contributed by atoms with van der Waals surface area (Å²) < 4.78 is 4.03. The minimum atomic E-state index is -0.167. The third-order valence-corrected chi connectivity index (χ3v) is 7.02. The van der Waals surface area contributed by atoms with E-state index in [1.54, 1.807) is 29.5 Å². The van der Waals surface area contributed by atoms with Crippen LogP contribution in [-0.4, -0.2) is 26.4 Å². The molecular weight excluding hydrogens is 504 g/mol. The van der Waals surface area contributed by atoms with Crippen LogP contribution in [0.25, 0.3) is 21.5 Å². The number of carbonyl (C=O) groups excluding carboxylic acids is 1. The molecule has 9 heteroatoms. The molecule has 0 aliphatic carbocycles. The minimum absolute atomic E-state index is 0.167. The van der Waals surface area contributed by atoms with Crippen LogP contribution in [0, 0.1) is 0 Å². The van der Waals surface area contributed by atoms with Gasteiger partial charge < -0.3 is 5.32 Å². The Kier molecular flexibility index (Phi) is 6.58. The van der Waals surface area contributed by atoms with Crippen molar-refractivity contribution in [1.29, 1.82) is 0 Å². The average molecular weight is 520 g/mol. The minimum Gasteiger partial charge on any atom is -0.324 e. The van der Waals surface area contributed by atoms with Crippen LogP contribution >= 0.6 is 50.6 Å². The van der Waals surface area contributed by atoms with E-state index in [1.165, 1.54) is 16.5 Å². The van der Waals surface area contributed by atoms with E-state index in [2.05, 4.69) is 55.5 Å². The fourth-order valence-corrected chi connectivity index (χ4v) is 5.35. The molecule has 2 aromatic heterocycles. The number of carbonyl (C=O) groups is 1. The third-order valence-electron chi connectivity index (χ3n) is 4.29. The lowest BCUT2D eigenvalue weighted by molar-refractivity contribution is -0.113. The van der Waals surface area contributed by atoms with Gasteiger partial charge in [-0.05, 0) is 24.3 Å². The maximum absolute atomic E-state index is 12.4. The van der Waals surface area contributed by atoms with Gasteiger partial charge in [0.05, 0.1) is 16.5 Å². The third kappa shape index (κ3) is 4.46. The van der Waals surface area contributed by atoms with Gasteiger partial charge in [0.15, 0.2) is 11.0 Å². The van der Waals surface area contributed by atoms with Crippen molar-refractivity contribution in [3.8, 4) is 11.4 Å². The van der Waals surface area contributed by atoms with Gasteiger partial charge in [0.1, 0.15) is 0 Å². The van der Waals surface area contributed by atoms with Crippen LogP contribution in [0.1, 0.15) is 0 Å². The highest BCUT2D eigenvalue weighted by Gasteiger charge is 2.18. The van der Waals surface area contributed by atoms with Crippen LogP contribution in [0.3, 0.4) is 0 Å². The molecule has 0 unspecified atom stereocenters. The molecule has 0 aliphatic rings. The zero-order valence-corrected chi connectivity index (χ0v) is 19.6. The van der Waals surface area contributed by atoms with Gasteiger partial charge >= 0.3 is 0 Å². The van der Waals surface area contributed by atoms with Gasteiger partial charge in [0.25, 0.3) is 0 Å². The van der Waals surface area contributed by atoms with Gasteiger partial charge in [0.2, 0.25) is 5.91 Å². The van der Waals surface area contributed by atoms with E-state index >= 15 is 0 Å². The number of rotatable bonds is 7. The number of hydrogen-bond acceptors (Lipinski definition) is 5. The van der Waals surface area contributed by atoms with Gasteiger partial charge in [-0.1, -0.05) is 63.6 Å². The van der Waals surface area contributed by atoms with Crippen LogP contribution in [0.4, 0.5) is 5.69 Å². The van der Waals surface area contributed by atoms with E-state index in [9.17, 15) is 4.79 Å². The number of allylic oxidation sites excluding steroid dienone is 1. The molecule has 152 valence electrons. The number of thiophene rings is 1. The zero-order chi connectivity index (χ0) is 21.1. The Balaban J connectivity index is 1.53. The van der Waals surface area contributed by atoms with Crippen molar-refractivity contribution in [3.63, 3.8) is 0 Å². The summed E-state index contributed by atoms with van der Waals surface area (Å²) in [6.45, 7) is 4.40. The van der Waals surface area contributed by atoms with Crippen molar-refractivity contribution >= 4 is 72.3 Å². The fourth-order valence-electron chi connectivity index (χ4n) is 2.95. The number of amides is 1. The zero-order valence-electron chi connectivity index (χ0n) is 15.6. The van der Waals surface area contributed by atoms with Crippen LogP contribution in [0.5, 0.6) is 0 Å². The van der Waals surface area contributed by atoms with Crippen molar-refractivity contribution < 1.29 is 4.79 Å². The second-order valence-electron chi connectivity index (χ2n) is 6.31. The molecule has 30 heavy (non-hydrogen) atoms. The summed E-state index contributed by atoms with van der Waals surface area (Å²) in [4.78, 5) is 12.4. The molecule has 0 atom stereocenters. The smallest absolute Gasteiger partial charge is 0.234 e. The number of nitrogens with zero attached hydrogens (tertiary/aromatic N) is 3. The molecular formula is C21H16BrClN4OS2. The van der Waals surface area contributed by atoms with Crippen LogP contribution in [0.15, 0.2) is 70.1 Å². The maximum atomic E-state index is 12.4. The molecule has 2 aromatic carbocycles. The lowest BCUT2D eigenvalue weighted by Gasteiger charge is -2.09. The topological polar surface area (TPSA) is 59.8 Å². The van der Waals surface area contributed by atoms with Crippen LogP contribution in [-0.2, 0) is 11.3 Å². The molecule has 4 rings (SSSR count). The first kappa shape index (κ1) is 21.1. The first-order chi connectivity index (χ1) is 14.6. The van der Waals surface area contributed by atoms with Crippen molar-refractivity contribution in [2.45, 2.75) is 11.7 Å². The summed E-state index contributed by atoms with van der Waals surface area (Å²) in [5.74, 6) is 0.789. The van der Waals surface area contributed by atoms with E-state index in [-0.39, 0.29) is 11.7 Å². The number of anilines is 1. The molecule has 0 radical (unpaired) electrons. The Bertz CT molecular complexity index is 1240. The van der Waals surface area contributed by atoms with E-state index in [1.807, 2.05) is 22.8 Å². The van der Waals surface area contributed by atoms with E-state index in [0.717, 1.165) is 21.2 Å². The molecule has 0 aliphatic heterocycles. The molecule has 5 nitrogen and oxygen atoms in total. The Morgan fingerprint density at radius 1 is 1.30 bits per heavy atom. The predicted molar refractivity (Wildman–Crippen MR) is 130 cm³/mol. The monoisotopic (exact) mass is 518 g/mol. The Hall–Kier alpha value is -2.13. The highest BCUT2D eigenvalue weighted by atomic mass is 79.9. The van der Waals surface area contributed by atoms with Gasteiger partial charge in [-0.25, -0.2) is 0 Å². The summed E-state index contributed by atoms with van der Waals surface area (Å²) >= 11 is 12.5. The number of halogens is 2. The average Bonchev–Trinajstić information content (AvgIpc) is 3.33. The first-order valence-corrected chi connectivity index (χ1v) is 12.0. The second-order valence-corrected chi connectivity index (χ2v) is 9.49. The second kappa shape index (κ2) is 9.34.